The van der Waals surface area contributed by atoms with E-state index in [0.717, 1.165) is 42.1 Å². The molecule has 1 aliphatic heterocycles. The number of hydrogen-bond donors (Lipinski definition) is 0. The molecule has 1 aliphatic carbocycles. The second-order valence-corrected chi connectivity index (χ2v) is 7.83. The van der Waals surface area contributed by atoms with Crippen molar-refractivity contribution in [3.8, 4) is 5.75 Å². The van der Waals surface area contributed by atoms with Crippen LogP contribution in [0, 0.1) is 5.41 Å². The van der Waals surface area contributed by atoms with Gasteiger partial charge in [-0.25, -0.2) is 0 Å². The minimum Gasteiger partial charge on any atom is -0.497 e. The Hall–Kier alpha value is -2.00. The predicted molar refractivity (Wildman–Crippen MR) is 105 cm³/mol. The molecule has 136 valence electrons. The van der Waals surface area contributed by atoms with Gasteiger partial charge in [-0.1, -0.05) is 49.4 Å². The van der Waals surface area contributed by atoms with Crippen molar-refractivity contribution < 1.29 is 9.53 Å². The minimum absolute atomic E-state index is 0.0822. The average molecular weight is 370 g/mol. The summed E-state index contributed by atoms with van der Waals surface area (Å²) in [5, 5.41) is 0.727. The number of benzene rings is 2. The number of halogens is 1. The largest absolute Gasteiger partial charge is 0.497 e. The number of carbonyl (C=O) groups excluding carboxylic acids is 1. The fourth-order valence-corrected chi connectivity index (χ4v) is 4.75. The van der Waals surface area contributed by atoms with E-state index in [4.69, 9.17) is 16.3 Å². The quantitative estimate of drug-likeness (QED) is 0.642. The monoisotopic (exact) mass is 369 g/mol. The first-order chi connectivity index (χ1) is 12.7. The average Bonchev–Trinajstić information content (AvgIpc) is 2.95. The van der Waals surface area contributed by atoms with Crippen molar-refractivity contribution in [2.75, 3.05) is 12.0 Å². The number of β-lactam (4-membered cyclic amide) rings is 1. The first-order valence-corrected chi connectivity index (χ1v) is 9.77. The molecule has 1 saturated carbocycles. The van der Waals surface area contributed by atoms with Gasteiger partial charge in [-0.15, -0.1) is 0 Å². The smallest absolute Gasteiger partial charge is 0.236 e. The molecule has 2 fully saturated rings. The Morgan fingerprint density at radius 1 is 0.962 bits per heavy atom. The van der Waals surface area contributed by atoms with E-state index < -0.39 is 0 Å². The number of hydrogen-bond acceptors (Lipinski definition) is 2. The summed E-state index contributed by atoms with van der Waals surface area (Å²) in [6.07, 6.45) is 6.67. The van der Waals surface area contributed by atoms with E-state index in [9.17, 15) is 4.79 Å². The molecule has 4 heteroatoms. The van der Waals surface area contributed by atoms with E-state index in [1.807, 2.05) is 41.3 Å². The lowest BCUT2D eigenvalue weighted by Crippen LogP contribution is -2.63. The molecule has 1 atom stereocenters. The van der Waals surface area contributed by atoms with Crippen LogP contribution in [0.1, 0.15) is 50.1 Å². The van der Waals surface area contributed by atoms with Gasteiger partial charge in [0.1, 0.15) is 5.75 Å². The number of rotatable bonds is 3. The van der Waals surface area contributed by atoms with Crippen LogP contribution in [0.3, 0.4) is 0 Å². The highest BCUT2D eigenvalue weighted by Crippen LogP contribution is 2.58. The molecule has 0 radical (unpaired) electrons. The topological polar surface area (TPSA) is 29.5 Å². The summed E-state index contributed by atoms with van der Waals surface area (Å²) in [7, 11) is 1.65. The Kier molecular flexibility index (Phi) is 4.66. The van der Waals surface area contributed by atoms with Crippen molar-refractivity contribution in [3.63, 3.8) is 0 Å². The van der Waals surface area contributed by atoms with E-state index in [1.54, 1.807) is 7.11 Å². The van der Waals surface area contributed by atoms with E-state index in [-0.39, 0.29) is 17.4 Å². The van der Waals surface area contributed by atoms with Crippen LogP contribution >= 0.6 is 11.6 Å². The van der Waals surface area contributed by atoms with Gasteiger partial charge in [0.05, 0.1) is 18.6 Å². The van der Waals surface area contributed by atoms with Gasteiger partial charge in [0.15, 0.2) is 0 Å². The number of carbonyl (C=O) groups is 1. The SMILES string of the molecule is COc1ccc(N2C(=O)C3(CCCCCC3)C2c2ccc(Cl)cc2)cc1. The molecule has 1 unspecified atom stereocenters. The van der Waals surface area contributed by atoms with Crippen molar-refractivity contribution in [3.05, 3.63) is 59.1 Å². The Morgan fingerprint density at radius 2 is 1.58 bits per heavy atom. The van der Waals surface area contributed by atoms with Crippen LogP contribution in [0.15, 0.2) is 48.5 Å². The van der Waals surface area contributed by atoms with E-state index in [2.05, 4.69) is 12.1 Å². The Morgan fingerprint density at radius 3 is 2.15 bits per heavy atom. The summed E-state index contributed by atoms with van der Waals surface area (Å²) in [4.78, 5) is 15.3. The zero-order valence-corrected chi connectivity index (χ0v) is 15.8. The number of methoxy groups -OCH3 is 1. The molecular formula is C22H24ClNO2. The highest BCUT2D eigenvalue weighted by atomic mass is 35.5. The first-order valence-electron chi connectivity index (χ1n) is 9.39. The fourth-order valence-electron chi connectivity index (χ4n) is 4.62. The molecule has 4 rings (SSSR count). The van der Waals surface area contributed by atoms with Crippen LogP contribution in [-0.2, 0) is 4.79 Å². The Balaban J connectivity index is 1.74. The Bertz CT molecular complexity index is 777. The maximum atomic E-state index is 13.4. The van der Waals surface area contributed by atoms with Crippen molar-refractivity contribution in [1.29, 1.82) is 0 Å². The lowest BCUT2D eigenvalue weighted by molar-refractivity contribution is -0.141. The minimum atomic E-state index is -0.260. The van der Waals surface area contributed by atoms with Crippen LogP contribution in [0.4, 0.5) is 5.69 Å². The van der Waals surface area contributed by atoms with Gasteiger partial charge in [0.2, 0.25) is 5.91 Å². The normalized spacial score (nSPS) is 22.0. The maximum Gasteiger partial charge on any atom is 0.236 e. The molecular weight excluding hydrogens is 346 g/mol. The number of nitrogens with zero attached hydrogens (tertiary/aromatic N) is 1. The lowest BCUT2D eigenvalue weighted by atomic mass is 9.63. The summed E-state index contributed by atoms with van der Waals surface area (Å²) in [5.74, 6) is 1.07. The van der Waals surface area contributed by atoms with Gasteiger partial charge >= 0.3 is 0 Å². The van der Waals surface area contributed by atoms with Gasteiger partial charge in [-0.05, 0) is 54.8 Å². The molecule has 0 N–H and O–H groups in total. The predicted octanol–water partition coefficient (Wildman–Crippen LogP) is 5.78. The molecule has 1 saturated heterocycles. The molecule has 2 aromatic rings. The molecule has 1 spiro atoms. The molecule has 3 nitrogen and oxygen atoms in total. The zero-order chi connectivity index (χ0) is 18.1. The third kappa shape index (κ3) is 2.79. The van der Waals surface area contributed by atoms with Crippen molar-refractivity contribution in [1.82, 2.24) is 0 Å². The molecule has 2 aromatic carbocycles. The van der Waals surface area contributed by atoms with Crippen LogP contribution < -0.4 is 9.64 Å². The van der Waals surface area contributed by atoms with Gasteiger partial charge in [0, 0.05) is 10.7 Å². The van der Waals surface area contributed by atoms with Gasteiger partial charge in [0.25, 0.3) is 0 Å². The Labute approximate surface area is 159 Å². The summed E-state index contributed by atoms with van der Waals surface area (Å²) < 4.78 is 5.26. The molecule has 2 aliphatic rings. The number of amides is 1. The van der Waals surface area contributed by atoms with E-state index in [1.165, 1.54) is 18.4 Å². The van der Waals surface area contributed by atoms with Crippen molar-refractivity contribution >= 4 is 23.2 Å². The number of anilines is 1. The van der Waals surface area contributed by atoms with E-state index >= 15 is 0 Å². The van der Waals surface area contributed by atoms with Gasteiger partial charge in [-0.3, -0.25) is 4.79 Å². The van der Waals surface area contributed by atoms with Crippen LogP contribution in [0.5, 0.6) is 5.75 Å². The molecule has 1 amide bonds. The van der Waals surface area contributed by atoms with Crippen molar-refractivity contribution in [2.24, 2.45) is 5.41 Å². The summed E-state index contributed by atoms with van der Waals surface area (Å²) >= 11 is 6.10. The first kappa shape index (κ1) is 17.4. The van der Waals surface area contributed by atoms with Crippen LogP contribution in [0.25, 0.3) is 0 Å². The number of ether oxygens (including phenoxy) is 1. The molecule has 0 bridgehead atoms. The third-order valence-corrected chi connectivity index (χ3v) is 6.21. The maximum absolute atomic E-state index is 13.4. The summed E-state index contributed by atoms with van der Waals surface area (Å²) in [5.41, 5.74) is 1.85. The van der Waals surface area contributed by atoms with Crippen molar-refractivity contribution in [2.45, 2.75) is 44.6 Å². The standard InChI is InChI=1S/C22H24ClNO2/c1-26-19-12-10-18(11-13-19)24-20(16-6-8-17(23)9-7-16)22(21(24)25)14-4-2-3-5-15-22/h6-13,20H,2-5,14-15H2,1H3. The summed E-state index contributed by atoms with van der Waals surface area (Å²) in [6, 6.07) is 15.9. The fraction of sp³-hybridized carbons (Fsp3) is 0.409. The highest BCUT2D eigenvalue weighted by Gasteiger charge is 2.60. The molecule has 0 aromatic heterocycles. The van der Waals surface area contributed by atoms with E-state index in [0.29, 0.717) is 0 Å². The second kappa shape index (κ2) is 6.96. The molecule has 1 heterocycles. The zero-order valence-electron chi connectivity index (χ0n) is 15.1. The lowest BCUT2D eigenvalue weighted by Gasteiger charge is -2.56. The summed E-state index contributed by atoms with van der Waals surface area (Å²) in [6.45, 7) is 0. The van der Waals surface area contributed by atoms with Gasteiger partial charge in [-0.2, -0.15) is 0 Å². The second-order valence-electron chi connectivity index (χ2n) is 7.40. The van der Waals surface area contributed by atoms with Gasteiger partial charge < -0.3 is 9.64 Å². The van der Waals surface area contributed by atoms with Crippen LogP contribution in [-0.4, -0.2) is 13.0 Å². The van der Waals surface area contributed by atoms with Crippen LogP contribution in [0.2, 0.25) is 5.02 Å². The highest BCUT2D eigenvalue weighted by molar-refractivity contribution is 6.30. The third-order valence-electron chi connectivity index (χ3n) is 5.96. The molecule has 26 heavy (non-hydrogen) atoms.